The molecule has 19 heavy (non-hydrogen) atoms. The Balaban J connectivity index is 2.14. The minimum Gasteiger partial charge on any atom is -0.326 e. The lowest BCUT2D eigenvalue weighted by atomic mass is 10.1. The number of hydrogen-bond donors (Lipinski definition) is 1. The maximum absolute atomic E-state index is 12.9. The lowest BCUT2D eigenvalue weighted by Gasteiger charge is -2.14. The molecular formula is C13H14ClFN2O2. The second kappa shape index (κ2) is 5.57. The molecule has 1 N–H and O–H groups in total. The van der Waals surface area contributed by atoms with Crippen molar-refractivity contribution in [3.8, 4) is 0 Å². The fourth-order valence-electron chi connectivity index (χ4n) is 2.03. The average molecular weight is 285 g/mol. The van der Waals surface area contributed by atoms with Gasteiger partial charge in [0.2, 0.25) is 0 Å². The zero-order chi connectivity index (χ0) is 14.0. The van der Waals surface area contributed by atoms with Crippen LogP contribution in [0.4, 0.5) is 9.18 Å². The maximum atomic E-state index is 12.9. The van der Waals surface area contributed by atoms with Crippen molar-refractivity contribution in [3.05, 3.63) is 34.6 Å². The SMILES string of the molecule is CCC[C@@H]1NC(=O)N(Cc2ccc(F)cc2Cl)C1=O. The molecule has 1 saturated heterocycles. The highest BCUT2D eigenvalue weighted by Crippen LogP contribution is 2.21. The summed E-state index contributed by atoms with van der Waals surface area (Å²) in [5.41, 5.74) is 0.545. The molecule has 0 saturated carbocycles. The van der Waals surface area contributed by atoms with Gasteiger partial charge >= 0.3 is 6.03 Å². The van der Waals surface area contributed by atoms with Crippen molar-refractivity contribution in [2.75, 3.05) is 0 Å². The summed E-state index contributed by atoms with van der Waals surface area (Å²) >= 11 is 5.89. The topological polar surface area (TPSA) is 49.4 Å². The van der Waals surface area contributed by atoms with Gasteiger partial charge in [0.05, 0.1) is 6.54 Å². The van der Waals surface area contributed by atoms with Crippen LogP contribution in [0.15, 0.2) is 18.2 Å². The number of imide groups is 1. The fourth-order valence-corrected chi connectivity index (χ4v) is 2.26. The van der Waals surface area contributed by atoms with E-state index < -0.39 is 17.9 Å². The van der Waals surface area contributed by atoms with E-state index in [1.165, 1.54) is 18.2 Å². The first-order valence-electron chi connectivity index (χ1n) is 6.08. The number of urea groups is 1. The molecule has 1 aromatic rings. The van der Waals surface area contributed by atoms with Crippen molar-refractivity contribution in [2.45, 2.75) is 32.4 Å². The van der Waals surface area contributed by atoms with Crippen molar-refractivity contribution < 1.29 is 14.0 Å². The van der Waals surface area contributed by atoms with Crippen LogP contribution >= 0.6 is 11.6 Å². The van der Waals surface area contributed by atoms with Gasteiger partial charge < -0.3 is 5.32 Å². The normalized spacial score (nSPS) is 18.9. The Labute approximate surface area is 115 Å². The molecule has 1 atom stereocenters. The van der Waals surface area contributed by atoms with Crippen LogP contribution in [0.5, 0.6) is 0 Å². The van der Waals surface area contributed by atoms with Gasteiger partial charge in [0, 0.05) is 5.02 Å². The largest absolute Gasteiger partial charge is 0.326 e. The molecule has 2 rings (SSSR count). The summed E-state index contributed by atoms with van der Waals surface area (Å²) in [6.07, 6.45) is 1.42. The van der Waals surface area contributed by atoms with Crippen LogP contribution in [0.1, 0.15) is 25.3 Å². The Morgan fingerprint density at radius 3 is 2.79 bits per heavy atom. The van der Waals surface area contributed by atoms with Crippen LogP contribution in [0.25, 0.3) is 0 Å². The van der Waals surface area contributed by atoms with E-state index in [4.69, 9.17) is 11.6 Å². The quantitative estimate of drug-likeness (QED) is 0.864. The highest BCUT2D eigenvalue weighted by atomic mass is 35.5. The van der Waals surface area contributed by atoms with Crippen molar-refractivity contribution in [2.24, 2.45) is 0 Å². The van der Waals surface area contributed by atoms with Crippen LogP contribution in [-0.4, -0.2) is 22.9 Å². The van der Waals surface area contributed by atoms with Gasteiger partial charge in [0.1, 0.15) is 11.9 Å². The Bertz CT molecular complexity index is 521. The van der Waals surface area contributed by atoms with Gasteiger partial charge in [-0.25, -0.2) is 9.18 Å². The fraction of sp³-hybridized carbons (Fsp3) is 0.385. The second-order valence-corrected chi connectivity index (χ2v) is 4.86. The van der Waals surface area contributed by atoms with E-state index in [2.05, 4.69) is 5.32 Å². The molecule has 1 heterocycles. The summed E-state index contributed by atoms with van der Waals surface area (Å²) in [4.78, 5) is 24.9. The lowest BCUT2D eigenvalue weighted by Crippen LogP contribution is -2.31. The smallest absolute Gasteiger partial charge is 0.325 e. The number of rotatable bonds is 4. The molecule has 0 aromatic heterocycles. The first-order valence-corrected chi connectivity index (χ1v) is 6.46. The lowest BCUT2D eigenvalue weighted by molar-refractivity contribution is -0.128. The van der Waals surface area contributed by atoms with Gasteiger partial charge in [-0.15, -0.1) is 0 Å². The molecule has 0 unspecified atom stereocenters. The molecule has 0 bridgehead atoms. The molecule has 1 aliphatic rings. The van der Waals surface area contributed by atoms with E-state index >= 15 is 0 Å². The number of carbonyl (C=O) groups excluding carboxylic acids is 2. The minimum atomic E-state index is -0.461. The number of nitrogens with one attached hydrogen (secondary N) is 1. The number of hydrogen-bond acceptors (Lipinski definition) is 2. The summed E-state index contributed by atoms with van der Waals surface area (Å²) < 4.78 is 12.9. The van der Waals surface area contributed by atoms with Crippen molar-refractivity contribution in [3.63, 3.8) is 0 Å². The first kappa shape index (κ1) is 13.8. The van der Waals surface area contributed by atoms with Crippen LogP contribution < -0.4 is 5.32 Å². The molecule has 0 radical (unpaired) electrons. The van der Waals surface area contributed by atoms with E-state index in [1.807, 2.05) is 6.92 Å². The summed E-state index contributed by atoms with van der Waals surface area (Å²) in [6, 6.07) is 3.01. The van der Waals surface area contributed by atoms with Crippen LogP contribution in [0.3, 0.4) is 0 Å². The van der Waals surface area contributed by atoms with E-state index in [1.54, 1.807) is 0 Å². The number of benzene rings is 1. The molecule has 1 aliphatic heterocycles. The summed E-state index contributed by atoms with van der Waals surface area (Å²) in [5, 5.41) is 2.83. The van der Waals surface area contributed by atoms with Crippen molar-refractivity contribution in [1.82, 2.24) is 10.2 Å². The molecule has 4 nitrogen and oxygen atoms in total. The molecule has 6 heteroatoms. The van der Waals surface area contributed by atoms with Crippen LogP contribution in [0, 0.1) is 5.82 Å². The standard InChI is InChI=1S/C13H14ClFN2O2/c1-2-3-11-12(18)17(13(19)16-11)7-8-4-5-9(15)6-10(8)14/h4-6,11H,2-3,7H2,1H3,(H,16,19)/t11-/m0/s1. The zero-order valence-electron chi connectivity index (χ0n) is 10.5. The second-order valence-electron chi connectivity index (χ2n) is 4.45. The van der Waals surface area contributed by atoms with Gasteiger partial charge in [0.25, 0.3) is 5.91 Å². The van der Waals surface area contributed by atoms with E-state index in [0.29, 0.717) is 12.0 Å². The number of amides is 3. The number of halogens is 2. The molecule has 3 amide bonds. The Morgan fingerprint density at radius 2 is 2.16 bits per heavy atom. The number of nitrogens with zero attached hydrogens (tertiary/aromatic N) is 1. The molecule has 1 aromatic carbocycles. The average Bonchev–Trinajstić information content (AvgIpc) is 2.60. The number of carbonyl (C=O) groups is 2. The zero-order valence-corrected chi connectivity index (χ0v) is 11.2. The van der Waals surface area contributed by atoms with Gasteiger partial charge in [-0.05, 0) is 24.1 Å². The highest BCUT2D eigenvalue weighted by molar-refractivity contribution is 6.31. The van der Waals surface area contributed by atoms with Gasteiger partial charge in [-0.2, -0.15) is 0 Å². The minimum absolute atomic E-state index is 0.0595. The Hall–Kier alpha value is -1.62. The van der Waals surface area contributed by atoms with E-state index in [9.17, 15) is 14.0 Å². The summed E-state index contributed by atoms with van der Waals surface area (Å²) in [7, 11) is 0. The predicted molar refractivity (Wildman–Crippen MR) is 69.2 cm³/mol. The summed E-state index contributed by atoms with van der Waals surface area (Å²) in [5.74, 6) is -0.706. The molecule has 0 aliphatic carbocycles. The van der Waals surface area contributed by atoms with Gasteiger partial charge in [-0.1, -0.05) is 31.0 Å². The molecule has 102 valence electrons. The third-order valence-corrected chi connectivity index (χ3v) is 3.38. The van der Waals surface area contributed by atoms with Crippen molar-refractivity contribution in [1.29, 1.82) is 0 Å². The Kier molecular flexibility index (Phi) is 4.04. The molecule has 1 fully saturated rings. The molecular weight excluding hydrogens is 271 g/mol. The Morgan fingerprint density at radius 1 is 1.42 bits per heavy atom. The van der Waals surface area contributed by atoms with Crippen LogP contribution in [-0.2, 0) is 11.3 Å². The van der Waals surface area contributed by atoms with E-state index in [-0.39, 0.29) is 17.5 Å². The van der Waals surface area contributed by atoms with Crippen LogP contribution in [0.2, 0.25) is 5.02 Å². The predicted octanol–water partition coefficient (Wildman–Crippen LogP) is 2.70. The van der Waals surface area contributed by atoms with Gasteiger partial charge in [0.15, 0.2) is 0 Å². The maximum Gasteiger partial charge on any atom is 0.325 e. The summed E-state index contributed by atoms with van der Waals surface area (Å²) in [6.45, 7) is 2.00. The van der Waals surface area contributed by atoms with Crippen molar-refractivity contribution >= 4 is 23.5 Å². The third kappa shape index (κ3) is 2.87. The monoisotopic (exact) mass is 284 g/mol. The third-order valence-electron chi connectivity index (χ3n) is 3.03. The molecule has 0 spiro atoms. The highest BCUT2D eigenvalue weighted by Gasteiger charge is 2.37. The first-order chi connectivity index (χ1) is 9.02. The van der Waals surface area contributed by atoms with E-state index in [0.717, 1.165) is 11.3 Å². The van der Waals surface area contributed by atoms with Gasteiger partial charge in [-0.3, -0.25) is 9.69 Å².